The van der Waals surface area contributed by atoms with E-state index in [1.165, 1.54) is 30.6 Å². The van der Waals surface area contributed by atoms with Gasteiger partial charge in [-0.05, 0) is 30.9 Å². The zero-order valence-corrected chi connectivity index (χ0v) is 7.62. The molecule has 11 heavy (non-hydrogen) atoms. The molecule has 0 aromatic carbocycles. The molecular formula is C9H15NS. The molecular weight excluding hydrogens is 154 g/mol. The van der Waals surface area contributed by atoms with E-state index in [4.69, 9.17) is 0 Å². The van der Waals surface area contributed by atoms with Crippen LogP contribution in [0.3, 0.4) is 0 Å². The van der Waals surface area contributed by atoms with Crippen LogP contribution < -0.4 is 5.32 Å². The van der Waals surface area contributed by atoms with Crippen LogP contribution in [0.4, 0.5) is 0 Å². The van der Waals surface area contributed by atoms with Crippen LogP contribution in [0.1, 0.15) is 19.3 Å². The van der Waals surface area contributed by atoms with E-state index in [1.807, 2.05) is 0 Å². The van der Waals surface area contributed by atoms with Crippen molar-refractivity contribution in [1.82, 2.24) is 5.32 Å². The molecule has 0 saturated carbocycles. The van der Waals surface area contributed by atoms with Gasteiger partial charge in [-0.1, -0.05) is 12.2 Å². The van der Waals surface area contributed by atoms with E-state index in [0.29, 0.717) is 0 Å². The Bertz CT molecular complexity index is 167. The van der Waals surface area contributed by atoms with Crippen molar-refractivity contribution in [3.63, 3.8) is 0 Å². The number of fused-ring (bicyclic) bond motifs is 1. The van der Waals surface area contributed by atoms with Crippen LogP contribution in [0.25, 0.3) is 0 Å². The van der Waals surface area contributed by atoms with Crippen LogP contribution in [0, 0.1) is 5.92 Å². The smallest absolute Gasteiger partial charge is 0.0566 e. The van der Waals surface area contributed by atoms with E-state index in [0.717, 1.165) is 17.8 Å². The van der Waals surface area contributed by atoms with Gasteiger partial charge in [-0.25, -0.2) is 0 Å². The zero-order chi connectivity index (χ0) is 7.68. The minimum absolute atomic E-state index is 0.745. The van der Waals surface area contributed by atoms with Crippen molar-refractivity contribution in [2.75, 3.05) is 12.3 Å². The van der Waals surface area contributed by atoms with Crippen molar-refractivity contribution in [3.8, 4) is 0 Å². The molecule has 2 heterocycles. The van der Waals surface area contributed by atoms with Crippen LogP contribution in [-0.4, -0.2) is 17.7 Å². The fourth-order valence-corrected chi connectivity index (χ4v) is 3.26. The van der Waals surface area contributed by atoms with Gasteiger partial charge in [-0.2, -0.15) is 0 Å². The monoisotopic (exact) mass is 169 g/mol. The predicted molar refractivity (Wildman–Crippen MR) is 50.7 cm³/mol. The minimum atomic E-state index is 0.745. The zero-order valence-electron chi connectivity index (χ0n) is 6.81. The van der Waals surface area contributed by atoms with Crippen molar-refractivity contribution in [3.05, 3.63) is 12.2 Å². The Kier molecular flexibility index (Phi) is 2.23. The Morgan fingerprint density at radius 1 is 1.55 bits per heavy atom. The molecule has 0 radical (unpaired) electrons. The Morgan fingerprint density at radius 2 is 2.45 bits per heavy atom. The summed E-state index contributed by atoms with van der Waals surface area (Å²) >= 11 is 2.10. The third-order valence-corrected chi connectivity index (χ3v) is 3.98. The fraction of sp³-hybridized carbons (Fsp3) is 0.778. The summed E-state index contributed by atoms with van der Waals surface area (Å²) in [6.07, 6.45) is 4.08. The average molecular weight is 169 g/mol. The number of rotatable bonds is 0. The number of piperidine rings is 1. The summed E-state index contributed by atoms with van der Waals surface area (Å²) in [6, 6.07) is 0. The standard InChI is InChI=1S/C9H15NS/c1-7-5-8-3-2-4-11-9(8)10-6-7/h8-10H,1-6H2. The average Bonchev–Trinajstić information content (AvgIpc) is 2.04. The highest BCUT2D eigenvalue weighted by atomic mass is 32.2. The second-order valence-electron chi connectivity index (χ2n) is 3.53. The minimum Gasteiger partial charge on any atom is -0.301 e. The highest BCUT2D eigenvalue weighted by Gasteiger charge is 2.28. The van der Waals surface area contributed by atoms with Crippen LogP contribution in [0.15, 0.2) is 12.2 Å². The maximum Gasteiger partial charge on any atom is 0.0566 e. The normalized spacial score (nSPS) is 38.4. The predicted octanol–water partition coefficient (Wildman–Crippen LogP) is 2.01. The fourth-order valence-electron chi connectivity index (χ4n) is 1.97. The first-order valence-corrected chi connectivity index (χ1v) is 5.43. The molecule has 62 valence electrons. The van der Waals surface area contributed by atoms with Crippen molar-refractivity contribution in [2.45, 2.75) is 24.6 Å². The first-order chi connectivity index (χ1) is 5.36. The van der Waals surface area contributed by atoms with Gasteiger partial charge in [0, 0.05) is 6.54 Å². The Hall–Kier alpha value is 0.0500. The lowest BCUT2D eigenvalue weighted by molar-refractivity contribution is 0.371. The molecule has 0 spiro atoms. The second-order valence-corrected chi connectivity index (χ2v) is 4.78. The van der Waals surface area contributed by atoms with Crippen molar-refractivity contribution < 1.29 is 0 Å². The first kappa shape index (κ1) is 7.69. The summed E-state index contributed by atoms with van der Waals surface area (Å²) in [5, 5.41) is 4.28. The van der Waals surface area contributed by atoms with Gasteiger partial charge in [0.1, 0.15) is 0 Å². The van der Waals surface area contributed by atoms with E-state index >= 15 is 0 Å². The molecule has 0 aromatic heterocycles. The Morgan fingerprint density at radius 3 is 3.36 bits per heavy atom. The van der Waals surface area contributed by atoms with Gasteiger partial charge in [0.05, 0.1) is 5.37 Å². The summed E-state index contributed by atoms with van der Waals surface area (Å²) in [5.74, 6) is 2.23. The number of thioether (sulfide) groups is 1. The molecule has 2 aliphatic heterocycles. The van der Waals surface area contributed by atoms with Gasteiger partial charge in [-0.15, -0.1) is 11.8 Å². The summed E-state index contributed by atoms with van der Waals surface area (Å²) in [7, 11) is 0. The second kappa shape index (κ2) is 3.20. The van der Waals surface area contributed by atoms with Gasteiger partial charge in [0.2, 0.25) is 0 Å². The number of hydrogen-bond donors (Lipinski definition) is 1. The number of nitrogens with one attached hydrogen (secondary N) is 1. The van der Waals surface area contributed by atoms with Crippen LogP contribution in [0.2, 0.25) is 0 Å². The van der Waals surface area contributed by atoms with Crippen LogP contribution in [-0.2, 0) is 0 Å². The first-order valence-electron chi connectivity index (χ1n) is 4.38. The van der Waals surface area contributed by atoms with Crippen molar-refractivity contribution >= 4 is 11.8 Å². The summed E-state index contributed by atoms with van der Waals surface area (Å²) in [6.45, 7) is 5.08. The van der Waals surface area contributed by atoms with E-state index in [9.17, 15) is 0 Å². The Balaban J connectivity index is 1.98. The number of hydrogen-bond acceptors (Lipinski definition) is 2. The molecule has 2 atom stereocenters. The van der Waals surface area contributed by atoms with Gasteiger partial charge in [-0.3, -0.25) is 0 Å². The molecule has 2 fully saturated rings. The van der Waals surface area contributed by atoms with Crippen LogP contribution >= 0.6 is 11.8 Å². The highest BCUT2D eigenvalue weighted by Crippen LogP contribution is 2.35. The molecule has 2 saturated heterocycles. The summed E-state index contributed by atoms with van der Waals surface area (Å²) < 4.78 is 0. The molecule has 2 aliphatic rings. The highest BCUT2D eigenvalue weighted by molar-refractivity contribution is 7.99. The van der Waals surface area contributed by atoms with Gasteiger partial charge >= 0.3 is 0 Å². The van der Waals surface area contributed by atoms with Crippen LogP contribution in [0.5, 0.6) is 0 Å². The van der Waals surface area contributed by atoms with E-state index in [2.05, 4.69) is 23.7 Å². The van der Waals surface area contributed by atoms with Crippen molar-refractivity contribution in [1.29, 1.82) is 0 Å². The molecule has 0 aliphatic carbocycles. The van der Waals surface area contributed by atoms with Gasteiger partial charge < -0.3 is 5.32 Å². The molecule has 2 rings (SSSR count). The van der Waals surface area contributed by atoms with E-state index < -0.39 is 0 Å². The van der Waals surface area contributed by atoms with E-state index in [-0.39, 0.29) is 0 Å². The quantitative estimate of drug-likeness (QED) is 0.557. The summed E-state index contributed by atoms with van der Waals surface area (Å²) in [4.78, 5) is 0. The lowest BCUT2D eigenvalue weighted by atomic mass is 9.92. The maximum absolute atomic E-state index is 4.03. The van der Waals surface area contributed by atoms with Gasteiger partial charge in [0.25, 0.3) is 0 Å². The van der Waals surface area contributed by atoms with E-state index in [1.54, 1.807) is 0 Å². The molecule has 0 bridgehead atoms. The SMILES string of the molecule is C=C1CNC2SCCCC2C1. The lowest BCUT2D eigenvalue weighted by Gasteiger charge is -2.36. The Labute approximate surface area is 72.6 Å². The molecule has 0 aromatic rings. The molecule has 0 amide bonds. The molecule has 2 heteroatoms. The third-order valence-electron chi connectivity index (χ3n) is 2.55. The van der Waals surface area contributed by atoms with Gasteiger partial charge in [0.15, 0.2) is 0 Å². The van der Waals surface area contributed by atoms with Crippen molar-refractivity contribution in [2.24, 2.45) is 5.92 Å². The lowest BCUT2D eigenvalue weighted by Crippen LogP contribution is -2.41. The molecule has 1 nitrogen and oxygen atoms in total. The molecule has 1 N–H and O–H groups in total. The largest absolute Gasteiger partial charge is 0.301 e. The third kappa shape index (κ3) is 1.62. The maximum atomic E-state index is 4.03. The molecule has 2 unspecified atom stereocenters. The summed E-state index contributed by atoms with van der Waals surface area (Å²) in [5.41, 5.74) is 1.40. The topological polar surface area (TPSA) is 12.0 Å².